The van der Waals surface area contributed by atoms with Crippen LogP contribution in [0.3, 0.4) is 0 Å². The molecule has 12 heteroatoms. The zero-order valence-corrected chi connectivity index (χ0v) is 17.1. The monoisotopic (exact) mass is 432 g/mol. The van der Waals surface area contributed by atoms with Gasteiger partial charge >= 0.3 is 6.09 Å². The average Bonchev–Trinajstić information content (AvgIpc) is 3.32. The van der Waals surface area contributed by atoms with Gasteiger partial charge in [-0.15, -0.1) is 10.2 Å². The lowest BCUT2D eigenvalue weighted by molar-refractivity contribution is 0.108. The molecule has 1 unspecified atom stereocenters. The van der Waals surface area contributed by atoms with Gasteiger partial charge < -0.3 is 9.26 Å². The Kier molecular flexibility index (Phi) is 5.56. The van der Waals surface area contributed by atoms with E-state index in [1.807, 2.05) is 0 Å². The molecule has 0 radical (unpaired) electrons. The zero-order chi connectivity index (χ0) is 21.3. The number of carbonyl (C=O) groups excluding carboxylic acids is 1. The van der Waals surface area contributed by atoms with Crippen LogP contribution in [0.25, 0.3) is 22.6 Å². The third-order valence-corrected chi connectivity index (χ3v) is 5.00. The SMILES string of the molecule is Cn1nnc(-c2ccc(-c3ccc(N4C[C@H](CO[PH](C)=O)OC4=O)cc3F)cn2)n1. The highest BCUT2D eigenvalue weighted by Gasteiger charge is 2.33. The van der Waals surface area contributed by atoms with Crippen molar-refractivity contribution in [2.24, 2.45) is 7.05 Å². The molecular weight excluding hydrogens is 414 g/mol. The molecule has 0 aliphatic carbocycles. The molecule has 0 bridgehead atoms. The number of amides is 1. The number of cyclic esters (lactones) is 1. The Morgan fingerprint density at radius 2 is 2.17 bits per heavy atom. The van der Waals surface area contributed by atoms with Gasteiger partial charge in [0.25, 0.3) is 0 Å². The molecule has 30 heavy (non-hydrogen) atoms. The Bertz CT molecular complexity index is 1110. The quantitative estimate of drug-likeness (QED) is 0.546. The van der Waals surface area contributed by atoms with Gasteiger partial charge in [0.1, 0.15) is 17.6 Å². The van der Waals surface area contributed by atoms with E-state index >= 15 is 0 Å². The normalized spacial score (nSPS) is 17.2. The largest absolute Gasteiger partial charge is 0.441 e. The Hall–Kier alpha value is -3.17. The summed E-state index contributed by atoms with van der Waals surface area (Å²) in [7, 11) is -0.469. The average molecular weight is 432 g/mol. The van der Waals surface area contributed by atoms with Gasteiger partial charge in [0, 0.05) is 24.0 Å². The van der Waals surface area contributed by atoms with Gasteiger partial charge in [0.05, 0.1) is 25.9 Å². The van der Waals surface area contributed by atoms with Crippen molar-refractivity contribution < 1.29 is 23.0 Å². The highest BCUT2D eigenvalue weighted by Crippen LogP contribution is 2.30. The van der Waals surface area contributed by atoms with Crippen LogP contribution in [0, 0.1) is 5.82 Å². The molecule has 1 aromatic carbocycles. The minimum atomic E-state index is -2.12. The first-order chi connectivity index (χ1) is 14.4. The van der Waals surface area contributed by atoms with Crippen LogP contribution in [0.4, 0.5) is 14.9 Å². The smallest absolute Gasteiger partial charge is 0.414 e. The lowest BCUT2D eigenvalue weighted by Gasteiger charge is -2.14. The molecule has 0 saturated carbocycles. The second kappa shape index (κ2) is 8.29. The molecule has 1 aliphatic heterocycles. The van der Waals surface area contributed by atoms with E-state index in [4.69, 9.17) is 9.26 Å². The summed E-state index contributed by atoms with van der Waals surface area (Å²) < 4.78 is 36.1. The maximum Gasteiger partial charge on any atom is 0.414 e. The molecule has 4 rings (SSSR count). The van der Waals surface area contributed by atoms with Crippen LogP contribution in [0.1, 0.15) is 0 Å². The standard InChI is InChI=1S/C18H18FN6O4P/c1-24-22-17(21-23-24)16-6-3-11(8-20-16)14-5-4-12(7-15(14)19)25-9-13(29-18(25)26)10-28-30(2)27/h3-8,13,30H,9-10H2,1-2H3/t13-/m1/s1. The second-order valence-corrected chi connectivity index (χ2v) is 7.89. The minimum Gasteiger partial charge on any atom is -0.441 e. The highest BCUT2D eigenvalue weighted by molar-refractivity contribution is 7.38. The number of hydrogen-bond acceptors (Lipinski definition) is 8. The van der Waals surface area contributed by atoms with Gasteiger partial charge in [-0.05, 0) is 29.5 Å². The van der Waals surface area contributed by atoms with Gasteiger partial charge in [0.15, 0.2) is 8.03 Å². The lowest BCUT2D eigenvalue weighted by atomic mass is 10.1. The molecule has 0 spiro atoms. The molecule has 2 aromatic heterocycles. The van der Waals surface area contributed by atoms with Crippen LogP contribution in [-0.4, -0.2) is 57.2 Å². The highest BCUT2D eigenvalue weighted by atomic mass is 31.1. The lowest BCUT2D eigenvalue weighted by Crippen LogP contribution is -2.25. The summed E-state index contributed by atoms with van der Waals surface area (Å²) >= 11 is 0. The van der Waals surface area contributed by atoms with Crippen molar-refractivity contribution in [2.45, 2.75) is 6.10 Å². The van der Waals surface area contributed by atoms with Crippen molar-refractivity contribution in [2.75, 3.05) is 24.7 Å². The topological polar surface area (TPSA) is 112 Å². The number of rotatable bonds is 6. The van der Waals surface area contributed by atoms with Gasteiger partial charge in [-0.25, -0.2) is 9.18 Å². The third-order valence-electron chi connectivity index (χ3n) is 4.42. The predicted molar refractivity (Wildman–Crippen MR) is 106 cm³/mol. The van der Waals surface area contributed by atoms with Crippen LogP contribution < -0.4 is 4.90 Å². The fourth-order valence-corrected chi connectivity index (χ4v) is 3.43. The molecule has 156 valence electrons. The summed E-state index contributed by atoms with van der Waals surface area (Å²) in [4.78, 5) is 19.0. The molecule has 3 heterocycles. The minimum absolute atomic E-state index is 0.0375. The van der Waals surface area contributed by atoms with Crippen LogP contribution in [-0.2, 0) is 20.9 Å². The van der Waals surface area contributed by atoms with E-state index in [1.165, 1.54) is 28.6 Å². The Labute approximate surface area is 171 Å². The van der Waals surface area contributed by atoms with Gasteiger partial charge in [-0.3, -0.25) is 14.4 Å². The first-order valence-electron chi connectivity index (χ1n) is 9.02. The van der Waals surface area contributed by atoms with Crippen LogP contribution in [0.15, 0.2) is 36.5 Å². The number of tetrazole rings is 1. The van der Waals surface area contributed by atoms with E-state index in [9.17, 15) is 13.8 Å². The maximum absolute atomic E-state index is 14.8. The molecule has 1 aliphatic rings. The molecule has 2 atom stereocenters. The fraction of sp³-hybridized carbons (Fsp3) is 0.278. The first kappa shape index (κ1) is 20.1. The molecule has 1 amide bonds. The van der Waals surface area contributed by atoms with Crippen molar-refractivity contribution in [1.29, 1.82) is 0 Å². The zero-order valence-electron chi connectivity index (χ0n) is 16.1. The molecule has 3 aromatic rings. The first-order valence-corrected chi connectivity index (χ1v) is 10.8. The fourth-order valence-electron chi connectivity index (χ4n) is 3.01. The van der Waals surface area contributed by atoms with E-state index in [0.717, 1.165) is 0 Å². The Morgan fingerprint density at radius 1 is 1.33 bits per heavy atom. The number of carbonyl (C=O) groups is 1. The van der Waals surface area contributed by atoms with E-state index in [0.29, 0.717) is 28.3 Å². The number of halogens is 1. The van der Waals surface area contributed by atoms with Crippen molar-refractivity contribution in [3.63, 3.8) is 0 Å². The van der Waals surface area contributed by atoms with Crippen LogP contribution >= 0.6 is 8.03 Å². The van der Waals surface area contributed by atoms with E-state index < -0.39 is 26.0 Å². The van der Waals surface area contributed by atoms with E-state index in [-0.39, 0.29) is 13.2 Å². The molecule has 0 N–H and O–H groups in total. The summed E-state index contributed by atoms with van der Waals surface area (Å²) in [5.41, 5.74) is 1.78. The van der Waals surface area contributed by atoms with Crippen molar-refractivity contribution >= 4 is 19.8 Å². The Morgan fingerprint density at radius 3 is 2.80 bits per heavy atom. The number of ether oxygens (including phenoxy) is 1. The number of hydrogen-bond donors (Lipinski definition) is 0. The molecular formula is C18H18FN6O4P. The third kappa shape index (κ3) is 4.22. The summed E-state index contributed by atoms with van der Waals surface area (Å²) in [6, 6.07) is 7.86. The number of benzene rings is 1. The van der Waals surface area contributed by atoms with Crippen LogP contribution in [0.2, 0.25) is 0 Å². The van der Waals surface area contributed by atoms with E-state index in [1.54, 1.807) is 31.3 Å². The van der Waals surface area contributed by atoms with Gasteiger partial charge in [-0.2, -0.15) is 4.80 Å². The summed E-state index contributed by atoms with van der Waals surface area (Å²) in [6.45, 7) is 1.68. The molecule has 1 fully saturated rings. The Balaban J connectivity index is 1.51. The summed E-state index contributed by atoms with van der Waals surface area (Å²) in [5.74, 6) is -0.134. The molecule has 10 nitrogen and oxygen atoms in total. The summed E-state index contributed by atoms with van der Waals surface area (Å²) in [5, 5.41) is 11.7. The van der Waals surface area contributed by atoms with E-state index in [2.05, 4.69) is 20.4 Å². The predicted octanol–water partition coefficient (Wildman–Crippen LogP) is 2.52. The van der Waals surface area contributed by atoms with Gasteiger partial charge in [0.2, 0.25) is 5.82 Å². The van der Waals surface area contributed by atoms with Crippen molar-refractivity contribution in [3.05, 3.63) is 42.3 Å². The number of aromatic nitrogens is 5. The number of nitrogens with zero attached hydrogens (tertiary/aromatic N) is 6. The number of aryl methyl sites for hydroxylation is 1. The molecule has 1 saturated heterocycles. The van der Waals surface area contributed by atoms with Crippen LogP contribution in [0.5, 0.6) is 0 Å². The van der Waals surface area contributed by atoms with Crippen molar-refractivity contribution in [1.82, 2.24) is 25.2 Å². The number of anilines is 1. The maximum atomic E-state index is 14.8. The number of pyridine rings is 1. The van der Waals surface area contributed by atoms with Gasteiger partial charge in [-0.1, -0.05) is 6.07 Å². The second-order valence-electron chi connectivity index (χ2n) is 6.62. The summed E-state index contributed by atoms with van der Waals surface area (Å²) in [6.07, 6.45) is 0.364. The van der Waals surface area contributed by atoms with Crippen molar-refractivity contribution in [3.8, 4) is 22.6 Å².